The number of hydrogen-bond donors (Lipinski definition) is 0. The van der Waals surface area contributed by atoms with Crippen molar-refractivity contribution in [1.29, 1.82) is 0 Å². The average molecular weight is 246 g/mol. The van der Waals surface area contributed by atoms with Gasteiger partial charge in [-0.15, -0.1) is 0 Å². The summed E-state index contributed by atoms with van der Waals surface area (Å²) in [4.78, 5) is 0. The first-order valence-corrected chi connectivity index (χ1v) is 4.12. The van der Waals surface area contributed by atoms with Gasteiger partial charge < -0.3 is 0 Å². The van der Waals surface area contributed by atoms with E-state index in [0.717, 1.165) is 0 Å². The topological polar surface area (TPSA) is 18.5 Å². The fourth-order valence-corrected chi connectivity index (χ4v) is 1.64. The van der Waals surface area contributed by atoms with E-state index in [1.165, 1.54) is 0 Å². The Balaban J connectivity index is 2.84. The van der Waals surface area contributed by atoms with Crippen molar-refractivity contribution in [3.8, 4) is 0 Å². The molecular weight excluding hydrogens is 244 g/mol. The molecule has 0 spiro atoms. The summed E-state index contributed by atoms with van der Waals surface area (Å²) in [7, 11) is -3.61. The minimum atomic E-state index is -5.30. The summed E-state index contributed by atoms with van der Waals surface area (Å²) < 4.78 is 90.0. The number of halogens is 7. The van der Waals surface area contributed by atoms with Gasteiger partial charge in [-0.2, -0.15) is 30.5 Å². The maximum absolute atomic E-state index is 12.1. The van der Waals surface area contributed by atoms with Gasteiger partial charge in [-0.25, -0.2) is 0 Å². The zero-order valence-corrected chi connectivity index (χ0v) is 6.96. The zero-order chi connectivity index (χ0) is 11.1. The van der Waals surface area contributed by atoms with Gasteiger partial charge in [0.1, 0.15) is 0 Å². The van der Waals surface area contributed by atoms with E-state index in [1.54, 1.807) is 0 Å². The number of rotatable bonds is 0. The fraction of sp³-hybridized carbons (Fsp3) is 1.00. The highest BCUT2D eigenvalue weighted by Crippen LogP contribution is 2.56. The molecule has 0 amide bonds. The van der Waals surface area contributed by atoms with Crippen LogP contribution in [0.5, 0.6) is 0 Å². The second kappa shape index (κ2) is 3.46. The zero-order valence-electron chi connectivity index (χ0n) is 6.06. The predicted octanol–water partition coefficient (Wildman–Crippen LogP) is 3.09. The molecule has 84 valence electrons. The van der Waals surface area contributed by atoms with E-state index < -0.39 is 33.2 Å². The third-order valence-corrected chi connectivity index (χ3v) is 2.10. The number of alkyl halides is 6. The molecule has 1 heterocycles. The molecule has 1 aliphatic heterocycles. The highest BCUT2D eigenvalue weighted by molar-refractivity contribution is 7.41. The predicted molar refractivity (Wildman–Crippen MR) is 29.9 cm³/mol. The SMILES string of the molecule is FP1OC(C(F)(F)F)C(C(F)(F)F)O1. The molecule has 1 fully saturated rings. The second-order valence-corrected chi connectivity index (χ2v) is 3.19. The van der Waals surface area contributed by atoms with Crippen molar-refractivity contribution in [3.63, 3.8) is 0 Å². The van der Waals surface area contributed by atoms with Crippen molar-refractivity contribution in [2.75, 3.05) is 0 Å². The molecule has 0 saturated carbocycles. The first-order chi connectivity index (χ1) is 6.12. The van der Waals surface area contributed by atoms with Crippen molar-refractivity contribution < 1.29 is 39.6 Å². The smallest absolute Gasteiger partial charge is 0.293 e. The van der Waals surface area contributed by atoms with Crippen LogP contribution in [0, 0.1) is 0 Å². The lowest BCUT2D eigenvalue weighted by atomic mass is 10.2. The third-order valence-electron chi connectivity index (χ3n) is 1.31. The number of hydrogen-bond acceptors (Lipinski definition) is 2. The van der Waals surface area contributed by atoms with Crippen LogP contribution in [-0.4, -0.2) is 24.6 Å². The Labute approximate surface area is 74.0 Å². The van der Waals surface area contributed by atoms with E-state index in [4.69, 9.17) is 0 Å². The summed E-state index contributed by atoms with van der Waals surface area (Å²) in [6, 6.07) is 0. The monoisotopic (exact) mass is 246 g/mol. The standard InChI is InChI=1S/C4H2F7O2P/c5-3(6,7)1-2(4(8,9)10)13-14(11)12-1/h1-2H. The quantitative estimate of drug-likeness (QED) is 0.483. The van der Waals surface area contributed by atoms with E-state index in [2.05, 4.69) is 9.05 Å². The van der Waals surface area contributed by atoms with Crippen molar-refractivity contribution in [2.24, 2.45) is 0 Å². The molecule has 14 heavy (non-hydrogen) atoms. The van der Waals surface area contributed by atoms with Crippen LogP contribution in [0.25, 0.3) is 0 Å². The molecule has 0 N–H and O–H groups in total. The van der Waals surface area contributed by atoms with Crippen molar-refractivity contribution in [1.82, 2.24) is 0 Å². The molecule has 1 saturated heterocycles. The second-order valence-electron chi connectivity index (χ2n) is 2.35. The van der Waals surface area contributed by atoms with Crippen LogP contribution in [0.3, 0.4) is 0 Å². The molecule has 0 bridgehead atoms. The van der Waals surface area contributed by atoms with Gasteiger partial charge in [0.05, 0.1) is 0 Å². The Morgan fingerprint density at radius 3 is 1.29 bits per heavy atom. The molecule has 0 aromatic carbocycles. The summed E-state index contributed by atoms with van der Waals surface area (Å²) in [5, 5.41) is 0. The van der Waals surface area contributed by atoms with E-state index in [1.807, 2.05) is 0 Å². The van der Waals surface area contributed by atoms with Gasteiger partial charge >= 0.3 is 21.0 Å². The van der Waals surface area contributed by atoms with Gasteiger partial charge in [-0.3, -0.25) is 9.05 Å². The van der Waals surface area contributed by atoms with Gasteiger partial charge in [-0.1, -0.05) is 0 Å². The van der Waals surface area contributed by atoms with Crippen LogP contribution in [0.2, 0.25) is 0 Å². The Morgan fingerprint density at radius 2 is 1.07 bits per heavy atom. The summed E-state index contributed by atoms with van der Waals surface area (Å²) in [6.45, 7) is 0. The maximum atomic E-state index is 12.1. The van der Waals surface area contributed by atoms with Gasteiger partial charge in [0, 0.05) is 0 Å². The van der Waals surface area contributed by atoms with Crippen molar-refractivity contribution in [2.45, 2.75) is 24.6 Å². The summed E-state index contributed by atoms with van der Waals surface area (Å²) in [6.07, 6.45) is -17.2. The van der Waals surface area contributed by atoms with Crippen LogP contribution in [0.4, 0.5) is 30.5 Å². The van der Waals surface area contributed by atoms with E-state index in [9.17, 15) is 30.5 Å². The third kappa shape index (κ3) is 2.46. The van der Waals surface area contributed by atoms with Crippen LogP contribution >= 0.6 is 8.69 Å². The van der Waals surface area contributed by atoms with Gasteiger partial charge in [0.25, 0.3) is 0 Å². The summed E-state index contributed by atoms with van der Waals surface area (Å²) >= 11 is 0. The lowest BCUT2D eigenvalue weighted by Crippen LogP contribution is -2.45. The lowest BCUT2D eigenvalue weighted by molar-refractivity contribution is -0.260. The Hall–Kier alpha value is -0.140. The lowest BCUT2D eigenvalue weighted by Gasteiger charge is -2.20. The highest BCUT2D eigenvalue weighted by Gasteiger charge is 2.63. The van der Waals surface area contributed by atoms with Crippen LogP contribution in [0.15, 0.2) is 0 Å². The highest BCUT2D eigenvalue weighted by atomic mass is 31.2. The molecule has 2 nitrogen and oxygen atoms in total. The van der Waals surface area contributed by atoms with Crippen molar-refractivity contribution in [3.05, 3.63) is 0 Å². The van der Waals surface area contributed by atoms with E-state index >= 15 is 0 Å². The molecular formula is C4H2F7O2P. The first-order valence-electron chi connectivity index (χ1n) is 3.05. The van der Waals surface area contributed by atoms with Gasteiger partial charge in [-0.05, 0) is 0 Å². The molecule has 0 aromatic rings. The van der Waals surface area contributed by atoms with Gasteiger partial charge in [0.15, 0.2) is 12.2 Å². The molecule has 10 heteroatoms. The molecule has 0 aromatic heterocycles. The van der Waals surface area contributed by atoms with Crippen molar-refractivity contribution >= 4 is 8.69 Å². The minimum Gasteiger partial charge on any atom is -0.293 e. The Morgan fingerprint density at radius 1 is 0.786 bits per heavy atom. The first kappa shape index (κ1) is 11.9. The average Bonchev–Trinajstić information content (AvgIpc) is 2.27. The largest absolute Gasteiger partial charge is 0.418 e. The van der Waals surface area contributed by atoms with Crippen LogP contribution < -0.4 is 0 Å². The van der Waals surface area contributed by atoms with Crippen LogP contribution in [0.1, 0.15) is 0 Å². The fourth-order valence-electron chi connectivity index (χ4n) is 0.777. The molecule has 2 atom stereocenters. The molecule has 0 radical (unpaired) electrons. The van der Waals surface area contributed by atoms with E-state index in [-0.39, 0.29) is 0 Å². The normalized spacial score (nSPS) is 34.9. The van der Waals surface area contributed by atoms with E-state index in [0.29, 0.717) is 0 Å². The molecule has 2 unspecified atom stereocenters. The maximum Gasteiger partial charge on any atom is 0.418 e. The summed E-state index contributed by atoms with van der Waals surface area (Å²) in [5.41, 5.74) is 0. The Bertz CT molecular complexity index is 191. The molecule has 1 rings (SSSR count). The van der Waals surface area contributed by atoms with Gasteiger partial charge in [0.2, 0.25) is 0 Å². The Kier molecular flexibility index (Phi) is 2.95. The summed E-state index contributed by atoms with van der Waals surface area (Å²) in [5.74, 6) is 0. The molecule has 1 aliphatic rings. The molecule has 0 aliphatic carbocycles. The van der Waals surface area contributed by atoms with Crippen LogP contribution in [-0.2, 0) is 9.05 Å². The minimum absolute atomic E-state index is 3.28.